The smallest absolute Gasteiger partial charge is 0.262 e. The summed E-state index contributed by atoms with van der Waals surface area (Å²) in [6.07, 6.45) is 1.11. The molecule has 0 saturated heterocycles. The van der Waals surface area contributed by atoms with Crippen LogP contribution in [-0.2, 0) is 9.84 Å². The number of sulfone groups is 1. The molecule has 1 aromatic heterocycles. The van der Waals surface area contributed by atoms with Crippen molar-refractivity contribution in [3.8, 4) is 28.6 Å². The van der Waals surface area contributed by atoms with E-state index in [1.807, 2.05) is 0 Å². The van der Waals surface area contributed by atoms with Gasteiger partial charge in [0.2, 0.25) is 5.82 Å². The lowest BCUT2D eigenvalue weighted by Crippen LogP contribution is -1.96. The van der Waals surface area contributed by atoms with Crippen molar-refractivity contribution in [2.45, 2.75) is 4.90 Å². The lowest BCUT2D eigenvalue weighted by molar-refractivity contribution is 0.425. The van der Waals surface area contributed by atoms with E-state index >= 15 is 0 Å². The van der Waals surface area contributed by atoms with Crippen LogP contribution in [0.3, 0.4) is 0 Å². The number of nitrogens with zero attached hydrogens (tertiary/aromatic N) is 2. The first-order chi connectivity index (χ1) is 10.8. The third-order valence-corrected chi connectivity index (χ3v) is 4.28. The van der Waals surface area contributed by atoms with Gasteiger partial charge in [-0.05, 0) is 42.5 Å². The van der Waals surface area contributed by atoms with E-state index in [1.54, 1.807) is 0 Å². The van der Waals surface area contributed by atoms with Crippen LogP contribution >= 0.6 is 0 Å². The summed E-state index contributed by atoms with van der Waals surface area (Å²) in [4.78, 5) is 4.26. The van der Waals surface area contributed by atoms with Gasteiger partial charge in [0.25, 0.3) is 5.89 Å². The number of rotatable bonds is 3. The zero-order valence-electron chi connectivity index (χ0n) is 11.9. The minimum Gasteiger partial charge on any atom is -0.507 e. The quantitative estimate of drug-likeness (QED) is 0.791. The highest BCUT2D eigenvalue weighted by Crippen LogP contribution is 2.30. The maximum atomic E-state index is 13.3. The summed E-state index contributed by atoms with van der Waals surface area (Å²) in [6.45, 7) is 0. The van der Waals surface area contributed by atoms with Crippen molar-refractivity contribution < 1.29 is 22.4 Å². The van der Waals surface area contributed by atoms with E-state index in [0.29, 0.717) is 5.56 Å². The molecule has 2 aromatic carbocycles. The minimum atomic E-state index is -3.29. The number of hydrogen-bond donors (Lipinski definition) is 1. The molecule has 0 radical (unpaired) electrons. The summed E-state index contributed by atoms with van der Waals surface area (Å²) in [5.74, 6) is -0.572. The molecular formula is C15H11FN2O4S. The SMILES string of the molecule is CS(=O)(=O)c1ccc(-c2noc(-c3cc(F)ccc3O)n2)cc1. The van der Waals surface area contributed by atoms with Crippen LogP contribution in [0.2, 0.25) is 0 Å². The molecule has 0 aliphatic carbocycles. The second-order valence-corrected chi connectivity index (χ2v) is 6.90. The Morgan fingerprint density at radius 3 is 2.48 bits per heavy atom. The fourth-order valence-electron chi connectivity index (χ4n) is 1.98. The van der Waals surface area contributed by atoms with Gasteiger partial charge in [-0.3, -0.25) is 0 Å². The van der Waals surface area contributed by atoms with Gasteiger partial charge >= 0.3 is 0 Å². The van der Waals surface area contributed by atoms with Gasteiger partial charge in [0.15, 0.2) is 9.84 Å². The number of aromatic hydroxyl groups is 1. The van der Waals surface area contributed by atoms with Crippen LogP contribution in [0.4, 0.5) is 4.39 Å². The van der Waals surface area contributed by atoms with Gasteiger partial charge in [-0.25, -0.2) is 12.8 Å². The van der Waals surface area contributed by atoms with Crippen LogP contribution in [0, 0.1) is 5.82 Å². The number of hydrogen-bond acceptors (Lipinski definition) is 6. The average molecular weight is 334 g/mol. The lowest BCUT2D eigenvalue weighted by Gasteiger charge is -1.99. The van der Waals surface area contributed by atoms with Crippen molar-refractivity contribution in [2.75, 3.05) is 6.26 Å². The predicted molar refractivity (Wildman–Crippen MR) is 79.9 cm³/mol. The molecule has 0 aliphatic heterocycles. The topological polar surface area (TPSA) is 93.3 Å². The molecule has 3 rings (SSSR count). The third-order valence-electron chi connectivity index (χ3n) is 3.16. The summed E-state index contributed by atoms with van der Waals surface area (Å²) in [5.41, 5.74) is 0.611. The van der Waals surface area contributed by atoms with Gasteiger partial charge in [0.05, 0.1) is 10.5 Å². The fraction of sp³-hybridized carbons (Fsp3) is 0.0667. The van der Waals surface area contributed by atoms with E-state index in [4.69, 9.17) is 4.52 Å². The first-order valence-electron chi connectivity index (χ1n) is 6.48. The van der Waals surface area contributed by atoms with E-state index in [0.717, 1.165) is 18.4 Å². The molecule has 8 heteroatoms. The van der Waals surface area contributed by atoms with Gasteiger partial charge in [-0.2, -0.15) is 4.98 Å². The Hall–Kier alpha value is -2.74. The normalized spacial score (nSPS) is 11.6. The second-order valence-electron chi connectivity index (χ2n) is 4.88. The van der Waals surface area contributed by atoms with E-state index < -0.39 is 15.7 Å². The second kappa shape index (κ2) is 5.47. The average Bonchev–Trinajstić information content (AvgIpc) is 2.99. The Bertz CT molecular complexity index is 965. The highest BCUT2D eigenvalue weighted by molar-refractivity contribution is 7.90. The van der Waals surface area contributed by atoms with Gasteiger partial charge < -0.3 is 9.63 Å². The van der Waals surface area contributed by atoms with Crippen LogP contribution in [0.25, 0.3) is 22.8 Å². The van der Waals surface area contributed by atoms with Crippen LogP contribution in [0.15, 0.2) is 51.9 Å². The van der Waals surface area contributed by atoms with Crippen LogP contribution in [0.1, 0.15) is 0 Å². The Morgan fingerprint density at radius 1 is 1.13 bits per heavy atom. The number of phenolic OH excluding ortho intramolecular Hbond substituents is 1. The molecule has 3 aromatic rings. The summed E-state index contributed by atoms with van der Waals surface area (Å²) in [5, 5.41) is 13.5. The highest BCUT2D eigenvalue weighted by atomic mass is 32.2. The van der Waals surface area contributed by atoms with Gasteiger partial charge in [0, 0.05) is 11.8 Å². The van der Waals surface area contributed by atoms with E-state index in [2.05, 4.69) is 10.1 Å². The van der Waals surface area contributed by atoms with E-state index in [9.17, 15) is 17.9 Å². The summed E-state index contributed by atoms with van der Waals surface area (Å²) < 4.78 is 41.1. The summed E-state index contributed by atoms with van der Waals surface area (Å²) in [7, 11) is -3.29. The Labute approximate surface area is 131 Å². The first-order valence-corrected chi connectivity index (χ1v) is 8.37. The maximum absolute atomic E-state index is 13.3. The molecule has 0 aliphatic rings. The first kappa shape index (κ1) is 15.2. The lowest BCUT2D eigenvalue weighted by atomic mass is 10.2. The molecular weight excluding hydrogens is 323 g/mol. The van der Waals surface area contributed by atoms with Gasteiger partial charge in [0.1, 0.15) is 11.6 Å². The molecule has 6 nitrogen and oxygen atoms in total. The Morgan fingerprint density at radius 2 is 1.83 bits per heavy atom. The maximum Gasteiger partial charge on any atom is 0.262 e. The predicted octanol–water partition coefficient (Wildman–Crippen LogP) is 2.65. The van der Waals surface area contributed by atoms with Crippen LogP contribution in [-0.4, -0.2) is 29.9 Å². The van der Waals surface area contributed by atoms with Crippen LogP contribution < -0.4 is 0 Å². The van der Waals surface area contributed by atoms with Crippen molar-refractivity contribution in [3.63, 3.8) is 0 Å². The zero-order valence-corrected chi connectivity index (χ0v) is 12.7. The molecule has 1 heterocycles. The van der Waals surface area contributed by atoms with Crippen molar-refractivity contribution >= 4 is 9.84 Å². The van der Waals surface area contributed by atoms with Crippen molar-refractivity contribution in [2.24, 2.45) is 0 Å². The molecule has 0 saturated carbocycles. The zero-order chi connectivity index (χ0) is 16.6. The van der Waals surface area contributed by atoms with Gasteiger partial charge in [-0.15, -0.1) is 0 Å². The third kappa shape index (κ3) is 3.07. The molecule has 0 spiro atoms. The summed E-state index contributed by atoms with van der Waals surface area (Å²) >= 11 is 0. The summed E-state index contributed by atoms with van der Waals surface area (Å²) in [6, 6.07) is 9.32. The molecule has 0 unspecified atom stereocenters. The van der Waals surface area contributed by atoms with E-state index in [1.165, 1.54) is 30.3 Å². The Kier molecular flexibility index (Phi) is 3.61. The van der Waals surface area contributed by atoms with Crippen LogP contribution in [0.5, 0.6) is 5.75 Å². The molecule has 118 valence electrons. The molecule has 0 bridgehead atoms. The fourth-order valence-corrected chi connectivity index (χ4v) is 2.61. The minimum absolute atomic E-state index is 0.0378. The largest absolute Gasteiger partial charge is 0.507 e. The van der Waals surface area contributed by atoms with Crippen molar-refractivity contribution in [1.29, 1.82) is 0 Å². The standard InChI is InChI=1S/C15H11FN2O4S/c1-23(20,21)11-5-2-9(3-6-11)14-17-15(22-18-14)12-8-10(16)4-7-13(12)19/h2-8,19H,1H3. The molecule has 0 atom stereocenters. The molecule has 0 fully saturated rings. The number of halogens is 1. The van der Waals surface area contributed by atoms with Crippen molar-refractivity contribution in [1.82, 2.24) is 10.1 Å². The van der Waals surface area contributed by atoms with Crippen molar-refractivity contribution in [3.05, 3.63) is 48.3 Å². The van der Waals surface area contributed by atoms with Gasteiger partial charge in [-0.1, -0.05) is 5.16 Å². The molecule has 0 amide bonds. The molecule has 23 heavy (non-hydrogen) atoms. The number of benzene rings is 2. The number of phenols is 1. The molecule has 1 N–H and O–H groups in total. The monoisotopic (exact) mass is 334 g/mol. The van der Waals surface area contributed by atoms with E-state index in [-0.39, 0.29) is 27.9 Å². The highest BCUT2D eigenvalue weighted by Gasteiger charge is 2.15. The number of aromatic nitrogens is 2. The Balaban J connectivity index is 1.97.